The molecule has 3 aromatic heterocycles. The van der Waals surface area contributed by atoms with E-state index >= 15 is 0 Å². The molecule has 0 unspecified atom stereocenters. The van der Waals surface area contributed by atoms with Gasteiger partial charge >= 0.3 is 0 Å². The fourth-order valence-corrected chi connectivity index (χ4v) is 7.75. The highest BCUT2D eigenvalue weighted by Gasteiger charge is 2.21. The molecular formula is C45H37N5. The number of aromatic nitrogens is 5. The molecule has 0 saturated carbocycles. The molecule has 0 aliphatic rings. The molecule has 0 saturated heterocycles. The van der Waals surface area contributed by atoms with Gasteiger partial charge in [-0.2, -0.15) is 0 Å². The highest BCUT2D eigenvalue weighted by Crippen LogP contribution is 2.42. The first-order valence-electron chi connectivity index (χ1n) is 17.2. The number of aryl methyl sites for hydroxylation is 6. The predicted octanol–water partition coefficient (Wildman–Crippen LogP) is 11.3. The average molecular weight is 648 g/mol. The molecule has 0 radical (unpaired) electrons. The standard InChI is InChI=1S/C45H37N5/c1-26-11-17-40-35(21-26)36-22-27(2)12-18-41(36)49(40)39-10-8-7-9-33(39)34-16-15-32(45-47-30(5)46-31(6)48-45)25-44(34)50-42-19-13-28(3)23-37(42)38-24-29(4)14-20-43(38)50/h7-25H,1-6H3. The Morgan fingerprint density at radius 3 is 1.28 bits per heavy atom. The van der Waals surface area contributed by atoms with Gasteiger partial charge < -0.3 is 9.13 Å². The van der Waals surface area contributed by atoms with Crippen LogP contribution in [0.15, 0.2) is 115 Å². The van der Waals surface area contributed by atoms with Gasteiger partial charge in [0.1, 0.15) is 11.6 Å². The van der Waals surface area contributed by atoms with Crippen LogP contribution in [0.4, 0.5) is 0 Å². The number of fused-ring (bicyclic) bond motifs is 6. The van der Waals surface area contributed by atoms with Crippen LogP contribution in [-0.4, -0.2) is 24.1 Å². The zero-order chi connectivity index (χ0) is 34.3. The summed E-state index contributed by atoms with van der Waals surface area (Å²) in [5.41, 5.74) is 15.1. The second-order valence-corrected chi connectivity index (χ2v) is 13.8. The second kappa shape index (κ2) is 11.2. The van der Waals surface area contributed by atoms with E-state index < -0.39 is 0 Å². The molecule has 3 heterocycles. The summed E-state index contributed by atoms with van der Waals surface area (Å²) in [6, 6.07) is 42.6. The van der Waals surface area contributed by atoms with Crippen molar-refractivity contribution < 1.29 is 0 Å². The minimum atomic E-state index is 0.677. The predicted molar refractivity (Wildman–Crippen MR) is 208 cm³/mol. The summed E-state index contributed by atoms with van der Waals surface area (Å²) < 4.78 is 4.87. The van der Waals surface area contributed by atoms with Crippen LogP contribution in [-0.2, 0) is 0 Å². The maximum Gasteiger partial charge on any atom is 0.163 e. The fourth-order valence-electron chi connectivity index (χ4n) is 7.75. The fraction of sp³-hybridized carbons (Fsp3) is 0.133. The van der Waals surface area contributed by atoms with Crippen LogP contribution in [0, 0.1) is 41.5 Å². The largest absolute Gasteiger partial charge is 0.309 e. The van der Waals surface area contributed by atoms with E-state index in [9.17, 15) is 0 Å². The zero-order valence-electron chi connectivity index (χ0n) is 29.2. The lowest BCUT2D eigenvalue weighted by Crippen LogP contribution is -2.03. The molecule has 0 N–H and O–H groups in total. The van der Waals surface area contributed by atoms with Crippen molar-refractivity contribution in [2.75, 3.05) is 0 Å². The number of para-hydroxylation sites is 1. The lowest BCUT2D eigenvalue weighted by Gasteiger charge is -2.19. The van der Waals surface area contributed by atoms with Crippen molar-refractivity contribution in [1.82, 2.24) is 24.1 Å². The Balaban J connectivity index is 1.40. The van der Waals surface area contributed by atoms with Gasteiger partial charge in [0.2, 0.25) is 0 Å². The van der Waals surface area contributed by atoms with Gasteiger partial charge in [0, 0.05) is 38.2 Å². The van der Waals surface area contributed by atoms with Gasteiger partial charge in [-0.05, 0) is 102 Å². The highest BCUT2D eigenvalue weighted by atomic mass is 15.0. The SMILES string of the molecule is Cc1ccc2c(c1)c1cc(C)ccc1n2-c1ccccc1-c1ccc(-c2nc(C)nc(C)n2)cc1-n1c2ccc(C)cc2c2cc(C)ccc21. The topological polar surface area (TPSA) is 48.5 Å². The highest BCUT2D eigenvalue weighted by molar-refractivity contribution is 6.12. The summed E-state index contributed by atoms with van der Waals surface area (Å²) >= 11 is 0. The van der Waals surface area contributed by atoms with Crippen molar-refractivity contribution in [3.05, 3.63) is 149 Å². The number of hydrogen-bond donors (Lipinski definition) is 0. The molecule has 0 bridgehead atoms. The van der Waals surface area contributed by atoms with E-state index in [0.717, 1.165) is 39.1 Å². The van der Waals surface area contributed by atoms with Gasteiger partial charge in [-0.15, -0.1) is 0 Å². The third-order valence-electron chi connectivity index (χ3n) is 9.94. The molecule has 0 atom stereocenters. The summed E-state index contributed by atoms with van der Waals surface area (Å²) in [5, 5.41) is 5.02. The zero-order valence-corrected chi connectivity index (χ0v) is 29.2. The van der Waals surface area contributed by atoms with Crippen molar-refractivity contribution >= 4 is 43.6 Å². The molecule has 9 rings (SSSR count). The lowest BCUT2D eigenvalue weighted by molar-refractivity contribution is 0.928. The molecule has 0 amide bonds. The molecule has 0 spiro atoms. The normalized spacial score (nSPS) is 11.8. The molecule has 0 aliphatic heterocycles. The molecule has 6 aromatic carbocycles. The van der Waals surface area contributed by atoms with Crippen molar-refractivity contribution in [2.24, 2.45) is 0 Å². The van der Waals surface area contributed by atoms with Gasteiger partial charge in [0.25, 0.3) is 0 Å². The number of nitrogens with zero attached hydrogens (tertiary/aromatic N) is 5. The Morgan fingerprint density at radius 2 is 0.800 bits per heavy atom. The number of benzene rings is 6. The molecule has 0 fully saturated rings. The quantitative estimate of drug-likeness (QED) is 0.191. The van der Waals surface area contributed by atoms with Crippen molar-refractivity contribution in [1.29, 1.82) is 0 Å². The van der Waals surface area contributed by atoms with E-state index in [1.54, 1.807) is 0 Å². The lowest BCUT2D eigenvalue weighted by atomic mass is 9.98. The van der Waals surface area contributed by atoms with Crippen molar-refractivity contribution in [3.63, 3.8) is 0 Å². The summed E-state index contributed by atoms with van der Waals surface area (Å²) in [7, 11) is 0. The van der Waals surface area contributed by atoms with Crippen LogP contribution >= 0.6 is 0 Å². The Kier molecular flexibility index (Phi) is 6.75. The Bertz CT molecular complexity index is 2690. The van der Waals surface area contributed by atoms with Gasteiger partial charge in [-0.25, -0.2) is 15.0 Å². The minimum Gasteiger partial charge on any atom is -0.309 e. The third kappa shape index (κ3) is 4.72. The molecule has 5 heteroatoms. The Morgan fingerprint density at radius 1 is 0.380 bits per heavy atom. The molecule has 0 aliphatic carbocycles. The minimum absolute atomic E-state index is 0.677. The monoisotopic (exact) mass is 647 g/mol. The first-order chi connectivity index (χ1) is 24.2. The molecule has 50 heavy (non-hydrogen) atoms. The van der Waals surface area contributed by atoms with Crippen LogP contribution < -0.4 is 0 Å². The summed E-state index contributed by atoms with van der Waals surface area (Å²) in [5.74, 6) is 2.10. The molecule has 5 nitrogen and oxygen atoms in total. The second-order valence-electron chi connectivity index (χ2n) is 13.8. The van der Waals surface area contributed by atoms with Gasteiger partial charge in [-0.1, -0.05) is 76.9 Å². The first kappa shape index (κ1) is 30.0. The first-order valence-corrected chi connectivity index (χ1v) is 17.2. The van der Waals surface area contributed by atoms with E-state index in [4.69, 9.17) is 9.97 Å². The Labute approximate surface area is 291 Å². The van der Waals surface area contributed by atoms with E-state index in [-0.39, 0.29) is 0 Å². The van der Waals surface area contributed by atoms with E-state index in [0.29, 0.717) is 17.5 Å². The number of rotatable bonds is 4. The van der Waals surface area contributed by atoms with E-state index in [2.05, 4.69) is 157 Å². The van der Waals surface area contributed by atoms with E-state index in [1.807, 2.05) is 13.8 Å². The van der Waals surface area contributed by atoms with Crippen molar-refractivity contribution in [2.45, 2.75) is 41.5 Å². The van der Waals surface area contributed by atoms with Crippen LogP contribution in [0.3, 0.4) is 0 Å². The third-order valence-corrected chi connectivity index (χ3v) is 9.94. The summed E-state index contributed by atoms with van der Waals surface area (Å²) in [6.07, 6.45) is 0. The van der Waals surface area contributed by atoms with Crippen LogP contribution in [0.1, 0.15) is 33.9 Å². The van der Waals surface area contributed by atoms with Gasteiger partial charge in [0.15, 0.2) is 5.82 Å². The van der Waals surface area contributed by atoms with Crippen LogP contribution in [0.2, 0.25) is 0 Å². The summed E-state index contributed by atoms with van der Waals surface area (Å²) in [4.78, 5) is 14.0. The smallest absolute Gasteiger partial charge is 0.163 e. The maximum atomic E-state index is 4.78. The van der Waals surface area contributed by atoms with Crippen molar-refractivity contribution in [3.8, 4) is 33.9 Å². The molecule has 242 valence electrons. The van der Waals surface area contributed by atoms with Crippen LogP contribution in [0.5, 0.6) is 0 Å². The number of hydrogen-bond acceptors (Lipinski definition) is 3. The Hall–Kier alpha value is -6.07. The average Bonchev–Trinajstić information content (AvgIpc) is 3.58. The van der Waals surface area contributed by atoms with E-state index in [1.165, 1.54) is 54.8 Å². The maximum absolute atomic E-state index is 4.78. The van der Waals surface area contributed by atoms with Gasteiger partial charge in [-0.3, -0.25) is 0 Å². The molecular weight excluding hydrogens is 611 g/mol. The molecule has 9 aromatic rings. The summed E-state index contributed by atoms with van der Waals surface area (Å²) in [6.45, 7) is 12.5. The van der Waals surface area contributed by atoms with Gasteiger partial charge in [0.05, 0.1) is 33.4 Å². The van der Waals surface area contributed by atoms with Crippen LogP contribution in [0.25, 0.3) is 77.5 Å².